The lowest BCUT2D eigenvalue weighted by Crippen LogP contribution is -2.11. The molecule has 0 aliphatic carbocycles. The van der Waals surface area contributed by atoms with E-state index in [0.29, 0.717) is 5.56 Å². The molecule has 1 heterocycles. The molecule has 0 radical (unpaired) electrons. The number of hydrogen-bond acceptors (Lipinski definition) is 1. The number of hydrogen-bond donors (Lipinski definition) is 1. The van der Waals surface area contributed by atoms with Crippen LogP contribution in [0, 0.1) is 6.92 Å². The summed E-state index contributed by atoms with van der Waals surface area (Å²) in [6.07, 6.45) is 3.95. The molecule has 0 bridgehead atoms. The van der Waals surface area contributed by atoms with Crippen LogP contribution in [0.2, 0.25) is 0 Å². The quantitative estimate of drug-likeness (QED) is 0.769. The van der Waals surface area contributed by atoms with Crippen molar-refractivity contribution in [3.63, 3.8) is 0 Å². The number of amides is 1. The van der Waals surface area contributed by atoms with E-state index in [1.165, 1.54) is 0 Å². The minimum atomic E-state index is -0.0975. The van der Waals surface area contributed by atoms with Crippen molar-refractivity contribution in [1.29, 1.82) is 0 Å². The zero-order valence-corrected chi connectivity index (χ0v) is 11.8. The van der Waals surface area contributed by atoms with Crippen molar-refractivity contribution >= 4 is 11.6 Å². The first-order chi connectivity index (χ1) is 10.2. The van der Waals surface area contributed by atoms with E-state index in [1.54, 1.807) is 0 Å². The Kier molecular flexibility index (Phi) is 3.56. The molecule has 3 nitrogen and oxygen atoms in total. The summed E-state index contributed by atoms with van der Waals surface area (Å²) in [4.78, 5) is 12.2. The maximum atomic E-state index is 12.2. The Balaban J connectivity index is 1.76. The lowest BCUT2D eigenvalue weighted by Gasteiger charge is -2.07. The maximum Gasteiger partial charge on any atom is 0.255 e. The smallest absolute Gasteiger partial charge is 0.255 e. The summed E-state index contributed by atoms with van der Waals surface area (Å²) in [6.45, 7) is 2.00. The number of nitrogens with one attached hydrogen (secondary N) is 1. The van der Waals surface area contributed by atoms with Crippen LogP contribution in [0.15, 0.2) is 73.1 Å². The largest absolute Gasteiger partial charge is 0.324 e. The van der Waals surface area contributed by atoms with Crippen LogP contribution < -0.4 is 5.32 Å². The fraction of sp³-hybridized carbons (Fsp3) is 0.0556. The summed E-state index contributed by atoms with van der Waals surface area (Å²) in [5, 5.41) is 2.91. The van der Waals surface area contributed by atoms with Gasteiger partial charge in [0.2, 0.25) is 0 Å². The first kappa shape index (κ1) is 13.2. The molecule has 1 amide bonds. The third-order valence-electron chi connectivity index (χ3n) is 3.31. The molecule has 3 heteroatoms. The molecule has 2 aromatic carbocycles. The molecule has 21 heavy (non-hydrogen) atoms. The van der Waals surface area contributed by atoms with Gasteiger partial charge in [0.15, 0.2) is 0 Å². The highest BCUT2D eigenvalue weighted by Gasteiger charge is 2.06. The SMILES string of the molecule is Cc1cccc(NC(=O)c2ccc(-n3cccc3)cc2)c1. The van der Waals surface area contributed by atoms with Crippen LogP contribution in [-0.4, -0.2) is 10.5 Å². The number of anilines is 1. The minimum Gasteiger partial charge on any atom is -0.324 e. The normalized spacial score (nSPS) is 10.3. The molecule has 0 aliphatic heterocycles. The van der Waals surface area contributed by atoms with Gasteiger partial charge in [-0.2, -0.15) is 0 Å². The molecular weight excluding hydrogens is 260 g/mol. The monoisotopic (exact) mass is 276 g/mol. The molecule has 0 atom stereocenters. The van der Waals surface area contributed by atoms with E-state index in [2.05, 4.69) is 5.32 Å². The molecule has 0 unspecified atom stereocenters. The molecule has 104 valence electrons. The van der Waals surface area contributed by atoms with Gasteiger partial charge in [0.1, 0.15) is 0 Å². The maximum absolute atomic E-state index is 12.2. The molecule has 0 aliphatic rings. The van der Waals surface area contributed by atoms with Crippen molar-refractivity contribution < 1.29 is 4.79 Å². The van der Waals surface area contributed by atoms with Crippen LogP contribution in [-0.2, 0) is 0 Å². The topological polar surface area (TPSA) is 34.0 Å². The Hall–Kier alpha value is -2.81. The fourth-order valence-electron chi connectivity index (χ4n) is 2.22. The van der Waals surface area contributed by atoms with E-state index in [4.69, 9.17) is 0 Å². The van der Waals surface area contributed by atoms with Gasteiger partial charge >= 0.3 is 0 Å². The van der Waals surface area contributed by atoms with Crippen molar-refractivity contribution in [2.45, 2.75) is 6.92 Å². The first-order valence-corrected chi connectivity index (χ1v) is 6.84. The van der Waals surface area contributed by atoms with Gasteiger partial charge in [-0.15, -0.1) is 0 Å². The van der Waals surface area contributed by atoms with Crippen molar-refractivity contribution in [3.8, 4) is 5.69 Å². The number of rotatable bonds is 3. The van der Waals surface area contributed by atoms with Crippen LogP contribution in [0.4, 0.5) is 5.69 Å². The van der Waals surface area contributed by atoms with Crippen molar-refractivity contribution in [1.82, 2.24) is 4.57 Å². The van der Waals surface area contributed by atoms with Crippen LogP contribution in [0.3, 0.4) is 0 Å². The van der Waals surface area contributed by atoms with E-state index >= 15 is 0 Å². The second-order valence-corrected chi connectivity index (χ2v) is 4.96. The van der Waals surface area contributed by atoms with Crippen LogP contribution in [0.1, 0.15) is 15.9 Å². The predicted octanol–water partition coefficient (Wildman–Crippen LogP) is 4.04. The summed E-state index contributed by atoms with van der Waals surface area (Å²) < 4.78 is 2.00. The molecule has 0 saturated heterocycles. The number of nitrogens with zero attached hydrogens (tertiary/aromatic N) is 1. The average Bonchev–Trinajstić information content (AvgIpc) is 3.01. The minimum absolute atomic E-state index is 0.0975. The predicted molar refractivity (Wildman–Crippen MR) is 84.9 cm³/mol. The zero-order valence-electron chi connectivity index (χ0n) is 11.8. The Morgan fingerprint density at radius 3 is 2.33 bits per heavy atom. The number of benzene rings is 2. The van der Waals surface area contributed by atoms with E-state index < -0.39 is 0 Å². The van der Waals surface area contributed by atoms with Gasteiger partial charge in [-0.3, -0.25) is 4.79 Å². The third kappa shape index (κ3) is 3.03. The second kappa shape index (κ2) is 5.67. The standard InChI is InChI=1S/C18H16N2O/c1-14-5-4-6-16(13-14)19-18(21)15-7-9-17(10-8-15)20-11-2-3-12-20/h2-13H,1H3,(H,19,21). The first-order valence-electron chi connectivity index (χ1n) is 6.84. The van der Waals surface area contributed by atoms with E-state index in [0.717, 1.165) is 16.9 Å². The van der Waals surface area contributed by atoms with Gasteiger partial charge in [-0.1, -0.05) is 12.1 Å². The Morgan fingerprint density at radius 1 is 0.952 bits per heavy atom. The molecular formula is C18H16N2O. The van der Waals surface area contributed by atoms with Crippen molar-refractivity contribution in [2.75, 3.05) is 5.32 Å². The lowest BCUT2D eigenvalue weighted by atomic mass is 10.1. The van der Waals surface area contributed by atoms with Crippen LogP contribution in [0.5, 0.6) is 0 Å². The van der Waals surface area contributed by atoms with Gasteiger partial charge in [-0.25, -0.2) is 0 Å². The van der Waals surface area contributed by atoms with Gasteiger partial charge < -0.3 is 9.88 Å². The highest BCUT2D eigenvalue weighted by atomic mass is 16.1. The number of carbonyl (C=O) groups is 1. The molecule has 1 aromatic heterocycles. The summed E-state index contributed by atoms with van der Waals surface area (Å²) in [5.41, 5.74) is 3.62. The summed E-state index contributed by atoms with van der Waals surface area (Å²) in [5.74, 6) is -0.0975. The van der Waals surface area contributed by atoms with Crippen molar-refractivity contribution in [2.24, 2.45) is 0 Å². The van der Waals surface area contributed by atoms with Gasteiger partial charge in [0, 0.05) is 29.3 Å². The van der Waals surface area contributed by atoms with Gasteiger partial charge in [0.05, 0.1) is 0 Å². The Morgan fingerprint density at radius 2 is 1.67 bits per heavy atom. The third-order valence-corrected chi connectivity index (χ3v) is 3.31. The zero-order chi connectivity index (χ0) is 14.7. The highest BCUT2D eigenvalue weighted by molar-refractivity contribution is 6.04. The fourth-order valence-corrected chi connectivity index (χ4v) is 2.22. The molecule has 3 aromatic rings. The van der Waals surface area contributed by atoms with Crippen LogP contribution in [0.25, 0.3) is 5.69 Å². The molecule has 0 saturated carbocycles. The molecule has 0 spiro atoms. The Bertz CT molecular complexity index is 743. The number of carbonyl (C=O) groups excluding carboxylic acids is 1. The van der Waals surface area contributed by atoms with Gasteiger partial charge in [0.25, 0.3) is 5.91 Å². The number of aromatic nitrogens is 1. The van der Waals surface area contributed by atoms with E-state index in [1.807, 2.05) is 84.5 Å². The van der Waals surface area contributed by atoms with Crippen molar-refractivity contribution in [3.05, 3.63) is 84.2 Å². The lowest BCUT2D eigenvalue weighted by molar-refractivity contribution is 0.102. The number of aryl methyl sites for hydroxylation is 1. The average molecular weight is 276 g/mol. The summed E-state index contributed by atoms with van der Waals surface area (Å²) in [6, 6.07) is 19.3. The van der Waals surface area contributed by atoms with Crippen LogP contribution >= 0.6 is 0 Å². The summed E-state index contributed by atoms with van der Waals surface area (Å²) >= 11 is 0. The van der Waals surface area contributed by atoms with E-state index in [-0.39, 0.29) is 5.91 Å². The molecule has 0 fully saturated rings. The van der Waals surface area contributed by atoms with Gasteiger partial charge in [-0.05, 0) is 61.0 Å². The summed E-state index contributed by atoms with van der Waals surface area (Å²) in [7, 11) is 0. The molecule has 3 rings (SSSR count). The highest BCUT2D eigenvalue weighted by Crippen LogP contribution is 2.14. The Labute approximate surface area is 123 Å². The molecule has 1 N–H and O–H groups in total. The second-order valence-electron chi connectivity index (χ2n) is 4.96. The van der Waals surface area contributed by atoms with E-state index in [9.17, 15) is 4.79 Å².